The van der Waals surface area contributed by atoms with E-state index in [2.05, 4.69) is 5.32 Å². The number of imide groups is 1. The molecule has 124 valence electrons. The zero-order valence-corrected chi connectivity index (χ0v) is 13.2. The lowest BCUT2D eigenvalue weighted by Gasteiger charge is -2.26. The molecule has 1 atom stereocenters. The maximum Gasteiger partial charge on any atom is 0.324 e. The molecule has 2 heterocycles. The lowest BCUT2D eigenvalue weighted by molar-refractivity contribution is -0.132. The van der Waals surface area contributed by atoms with Crippen molar-refractivity contribution < 1.29 is 19.5 Å². The van der Waals surface area contributed by atoms with Crippen molar-refractivity contribution in [3.05, 3.63) is 0 Å². The number of urea groups is 1. The number of carbonyl (C=O) groups excluding carboxylic acids is 3. The fourth-order valence-electron chi connectivity index (χ4n) is 3.02. The Labute approximate surface area is 130 Å². The number of carbonyl (C=O) groups is 3. The minimum absolute atomic E-state index is 0.0382. The van der Waals surface area contributed by atoms with Crippen molar-refractivity contribution in [3.8, 4) is 0 Å². The Morgan fingerprint density at radius 1 is 1.41 bits per heavy atom. The van der Waals surface area contributed by atoms with E-state index in [9.17, 15) is 19.5 Å². The van der Waals surface area contributed by atoms with Gasteiger partial charge in [0, 0.05) is 26.1 Å². The van der Waals surface area contributed by atoms with Crippen molar-refractivity contribution in [2.45, 2.75) is 24.9 Å². The Bertz CT molecular complexity index is 452. The van der Waals surface area contributed by atoms with Gasteiger partial charge in [-0.05, 0) is 26.9 Å². The van der Waals surface area contributed by atoms with Crippen molar-refractivity contribution >= 4 is 17.8 Å². The van der Waals surface area contributed by atoms with Crippen LogP contribution in [0.25, 0.3) is 0 Å². The minimum Gasteiger partial charge on any atom is -0.387 e. The van der Waals surface area contributed by atoms with Crippen LogP contribution < -0.4 is 5.32 Å². The van der Waals surface area contributed by atoms with Crippen LogP contribution in [0.4, 0.5) is 4.79 Å². The molecule has 8 nitrogen and oxygen atoms in total. The van der Waals surface area contributed by atoms with Gasteiger partial charge in [0.1, 0.15) is 0 Å². The Morgan fingerprint density at radius 3 is 2.73 bits per heavy atom. The van der Waals surface area contributed by atoms with Crippen molar-refractivity contribution in [3.63, 3.8) is 0 Å². The molecule has 0 aromatic heterocycles. The average Bonchev–Trinajstić information content (AvgIpc) is 2.95. The Hall–Kier alpha value is -1.67. The molecular weight excluding hydrogens is 288 g/mol. The monoisotopic (exact) mass is 312 g/mol. The van der Waals surface area contributed by atoms with Gasteiger partial charge in [-0.1, -0.05) is 0 Å². The van der Waals surface area contributed by atoms with Crippen molar-refractivity contribution in [1.29, 1.82) is 0 Å². The summed E-state index contributed by atoms with van der Waals surface area (Å²) in [5.74, 6) is -0.291. The first-order valence-corrected chi connectivity index (χ1v) is 7.54. The summed E-state index contributed by atoms with van der Waals surface area (Å²) in [4.78, 5) is 39.6. The van der Waals surface area contributed by atoms with Crippen LogP contribution in [0.15, 0.2) is 0 Å². The van der Waals surface area contributed by atoms with Crippen molar-refractivity contribution in [2.24, 2.45) is 0 Å². The van der Waals surface area contributed by atoms with Crippen LogP contribution in [0.3, 0.4) is 0 Å². The Kier molecular flexibility index (Phi) is 5.02. The molecule has 4 amide bonds. The summed E-state index contributed by atoms with van der Waals surface area (Å²) in [7, 11) is 3.78. The zero-order valence-electron chi connectivity index (χ0n) is 13.2. The van der Waals surface area contributed by atoms with Crippen LogP contribution in [0.1, 0.15) is 19.3 Å². The fourth-order valence-corrected chi connectivity index (χ4v) is 3.02. The van der Waals surface area contributed by atoms with E-state index in [0.717, 1.165) is 4.90 Å². The zero-order chi connectivity index (χ0) is 16.3. The number of nitrogens with one attached hydrogen (secondary N) is 1. The highest BCUT2D eigenvalue weighted by Crippen LogP contribution is 2.22. The van der Waals surface area contributed by atoms with E-state index < -0.39 is 5.60 Å². The molecule has 0 bridgehead atoms. The molecule has 0 radical (unpaired) electrons. The van der Waals surface area contributed by atoms with E-state index >= 15 is 0 Å². The first-order valence-electron chi connectivity index (χ1n) is 7.54. The molecule has 2 fully saturated rings. The summed E-state index contributed by atoms with van der Waals surface area (Å²) in [6, 6.07) is -0.390. The van der Waals surface area contributed by atoms with Gasteiger partial charge >= 0.3 is 6.03 Å². The third-order valence-corrected chi connectivity index (χ3v) is 4.00. The van der Waals surface area contributed by atoms with Crippen LogP contribution in [-0.2, 0) is 9.59 Å². The van der Waals surface area contributed by atoms with Gasteiger partial charge in [0.15, 0.2) is 0 Å². The Morgan fingerprint density at radius 2 is 2.14 bits per heavy atom. The quantitative estimate of drug-likeness (QED) is 0.604. The predicted molar refractivity (Wildman–Crippen MR) is 79.0 cm³/mol. The molecule has 2 rings (SSSR count). The number of nitrogens with zero attached hydrogens (tertiary/aromatic N) is 3. The van der Waals surface area contributed by atoms with Crippen molar-refractivity contribution in [1.82, 2.24) is 20.0 Å². The summed E-state index contributed by atoms with van der Waals surface area (Å²) in [6.07, 6.45) is 1.29. The van der Waals surface area contributed by atoms with E-state index in [0.29, 0.717) is 32.5 Å². The number of amides is 4. The van der Waals surface area contributed by atoms with E-state index in [1.807, 2.05) is 19.0 Å². The molecule has 0 saturated carbocycles. The second kappa shape index (κ2) is 6.62. The van der Waals surface area contributed by atoms with Gasteiger partial charge < -0.3 is 20.2 Å². The third-order valence-electron chi connectivity index (χ3n) is 4.00. The van der Waals surface area contributed by atoms with E-state index in [4.69, 9.17) is 0 Å². The Balaban J connectivity index is 1.74. The van der Waals surface area contributed by atoms with E-state index in [1.54, 1.807) is 4.90 Å². The maximum atomic E-state index is 12.2. The van der Waals surface area contributed by atoms with Crippen LogP contribution in [0, 0.1) is 0 Å². The summed E-state index contributed by atoms with van der Waals surface area (Å²) in [6.45, 7) is 1.71. The highest BCUT2D eigenvalue weighted by molar-refractivity contribution is 6.01. The average molecular weight is 312 g/mol. The molecule has 2 aliphatic heterocycles. The van der Waals surface area contributed by atoms with Gasteiger partial charge in [-0.15, -0.1) is 0 Å². The van der Waals surface area contributed by atoms with Crippen LogP contribution in [0.5, 0.6) is 0 Å². The van der Waals surface area contributed by atoms with Gasteiger partial charge in [-0.3, -0.25) is 14.5 Å². The fraction of sp³-hybridized carbons (Fsp3) is 0.786. The van der Waals surface area contributed by atoms with Gasteiger partial charge in [0.2, 0.25) is 11.8 Å². The van der Waals surface area contributed by atoms with Crippen LogP contribution >= 0.6 is 0 Å². The lowest BCUT2D eigenvalue weighted by atomic mass is 10.0. The van der Waals surface area contributed by atoms with Gasteiger partial charge in [0.05, 0.1) is 18.7 Å². The topological polar surface area (TPSA) is 93.2 Å². The molecule has 0 aromatic rings. The number of likely N-dealkylation sites (N-methyl/N-ethyl adjacent to an activating group) is 1. The number of rotatable bonds is 6. The number of likely N-dealkylation sites (tertiary alicyclic amines) is 1. The predicted octanol–water partition coefficient (Wildman–Crippen LogP) is -1.16. The largest absolute Gasteiger partial charge is 0.387 e. The third kappa shape index (κ3) is 3.95. The second-order valence-corrected chi connectivity index (χ2v) is 6.34. The van der Waals surface area contributed by atoms with Crippen LogP contribution in [-0.4, -0.2) is 90.1 Å². The number of β-amino-alcohol motifs (C(OH)–C–C–N with tert-alkyl or cyclic N) is 1. The SMILES string of the molecule is CN(C)C[C@@]1(O)CCN(C(=O)CCCN2C(=O)CNC2=O)C1. The summed E-state index contributed by atoms with van der Waals surface area (Å²) < 4.78 is 0. The first-order chi connectivity index (χ1) is 10.3. The van der Waals surface area contributed by atoms with Gasteiger partial charge in [0.25, 0.3) is 0 Å². The van der Waals surface area contributed by atoms with Gasteiger partial charge in [-0.25, -0.2) is 4.79 Å². The highest BCUT2D eigenvalue weighted by atomic mass is 16.3. The summed E-state index contributed by atoms with van der Waals surface area (Å²) >= 11 is 0. The minimum atomic E-state index is -0.843. The molecular formula is C14H24N4O4. The number of hydrogen-bond acceptors (Lipinski definition) is 5. The highest BCUT2D eigenvalue weighted by Gasteiger charge is 2.38. The second-order valence-electron chi connectivity index (χ2n) is 6.34. The normalized spacial score (nSPS) is 25.3. The molecule has 8 heteroatoms. The molecule has 22 heavy (non-hydrogen) atoms. The molecule has 2 saturated heterocycles. The molecule has 2 aliphatic rings. The smallest absolute Gasteiger partial charge is 0.324 e. The molecule has 2 N–H and O–H groups in total. The summed E-state index contributed by atoms with van der Waals surface area (Å²) in [5, 5.41) is 12.9. The van der Waals surface area contributed by atoms with E-state index in [1.165, 1.54) is 0 Å². The lowest BCUT2D eigenvalue weighted by Crippen LogP contribution is -2.43. The summed E-state index contributed by atoms with van der Waals surface area (Å²) in [5.41, 5.74) is -0.843. The maximum absolute atomic E-state index is 12.2. The van der Waals surface area contributed by atoms with E-state index in [-0.39, 0.29) is 37.4 Å². The van der Waals surface area contributed by atoms with Crippen LogP contribution in [0.2, 0.25) is 0 Å². The molecule has 0 aliphatic carbocycles. The van der Waals surface area contributed by atoms with Gasteiger partial charge in [-0.2, -0.15) is 0 Å². The first kappa shape index (κ1) is 16.7. The van der Waals surface area contributed by atoms with Crippen molar-refractivity contribution in [2.75, 3.05) is 46.8 Å². The number of hydrogen-bond donors (Lipinski definition) is 2. The molecule has 0 unspecified atom stereocenters. The molecule has 0 aromatic carbocycles. The number of aliphatic hydroxyl groups is 1. The standard InChI is InChI=1S/C14H24N4O4/c1-16(2)9-14(22)5-7-17(10-14)11(19)4-3-6-18-12(20)8-15-13(18)21/h22H,3-10H2,1-2H3,(H,15,21)/t14-/m0/s1. The molecule has 0 spiro atoms.